The SMILES string of the molecule is CN(CCO)C(=O)c1ccc2c(c1)N(c1ncc(-c3cc(C4CC4)ccc3F)cn1)CC21COC1. The zero-order valence-corrected chi connectivity index (χ0v) is 19.6. The smallest absolute Gasteiger partial charge is 0.253 e. The number of aliphatic hydroxyl groups excluding tert-OH is 1. The minimum absolute atomic E-state index is 0.0932. The Morgan fingerprint density at radius 2 is 1.97 bits per heavy atom. The summed E-state index contributed by atoms with van der Waals surface area (Å²) in [5.41, 5.74) is 4.70. The molecule has 2 fully saturated rings. The highest BCUT2D eigenvalue weighted by Crippen LogP contribution is 2.48. The number of likely N-dealkylation sites (N-methyl/N-ethyl adjacent to an activating group) is 1. The van der Waals surface area contributed by atoms with Crippen molar-refractivity contribution in [3.05, 3.63) is 71.3 Å². The molecule has 0 bridgehead atoms. The highest BCUT2D eigenvalue weighted by molar-refractivity contribution is 5.96. The molecule has 7 nitrogen and oxygen atoms in total. The molecule has 0 radical (unpaired) electrons. The summed E-state index contributed by atoms with van der Waals surface area (Å²) < 4.78 is 20.2. The lowest BCUT2D eigenvalue weighted by Gasteiger charge is -2.38. The van der Waals surface area contributed by atoms with Gasteiger partial charge < -0.3 is 19.6 Å². The van der Waals surface area contributed by atoms with Gasteiger partial charge in [-0.15, -0.1) is 0 Å². The van der Waals surface area contributed by atoms with Crippen molar-refractivity contribution in [3.8, 4) is 11.1 Å². The van der Waals surface area contributed by atoms with Gasteiger partial charge in [0, 0.05) is 54.9 Å². The number of halogens is 1. The Labute approximate surface area is 203 Å². The molecule has 0 atom stereocenters. The van der Waals surface area contributed by atoms with Crippen LogP contribution in [0.15, 0.2) is 48.8 Å². The number of carbonyl (C=O) groups is 1. The van der Waals surface area contributed by atoms with Gasteiger partial charge in [0.25, 0.3) is 5.91 Å². The maximum absolute atomic E-state index is 14.6. The minimum atomic E-state index is -0.280. The van der Waals surface area contributed by atoms with Crippen molar-refractivity contribution in [1.82, 2.24) is 14.9 Å². The Morgan fingerprint density at radius 3 is 2.63 bits per heavy atom. The maximum Gasteiger partial charge on any atom is 0.253 e. The fourth-order valence-corrected chi connectivity index (χ4v) is 5.09. The number of anilines is 2. The van der Waals surface area contributed by atoms with Gasteiger partial charge in [-0.1, -0.05) is 12.1 Å². The van der Waals surface area contributed by atoms with Crippen LogP contribution in [0.3, 0.4) is 0 Å². The largest absolute Gasteiger partial charge is 0.395 e. The molecule has 1 saturated carbocycles. The number of ether oxygens (including phenoxy) is 1. The van der Waals surface area contributed by atoms with Crippen LogP contribution in [-0.2, 0) is 10.2 Å². The quantitative estimate of drug-likeness (QED) is 0.588. The lowest BCUT2D eigenvalue weighted by atomic mass is 9.80. The van der Waals surface area contributed by atoms with Gasteiger partial charge in [-0.2, -0.15) is 0 Å². The second kappa shape index (κ2) is 8.39. The van der Waals surface area contributed by atoms with Gasteiger partial charge in [0.2, 0.25) is 5.95 Å². The number of rotatable bonds is 6. The first-order chi connectivity index (χ1) is 17.0. The zero-order chi connectivity index (χ0) is 24.2. The second-order valence-electron chi connectivity index (χ2n) is 9.83. The average molecular weight is 475 g/mol. The molecule has 3 heterocycles. The monoisotopic (exact) mass is 474 g/mol. The van der Waals surface area contributed by atoms with Gasteiger partial charge in [-0.3, -0.25) is 4.79 Å². The number of aliphatic hydroxyl groups is 1. The van der Waals surface area contributed by atoms with Crippen molar-refractivity contribution in [2.24, 2.45) is 0 Å². The highest BCUT2D eigenvalue weighted by atomic mass is 19.1. The molecule has 3 aliphatic rings. The van der Waals surface area contributed by atoms with Gasteiger partial charge in [-0.05, 0) is 54.2 Å². The van der Waals surface area contributed by atoms with E-state index in [4.69, 9.17) is 4.74 Å². The van der Waals surface area contributed by atoms with Gasteiger partial charge >= 0.3 is 0 Å². The number of benzene rings is 2. The number of amides is 1. The Bertz CT molecular complexity index is 1290. The molecule has 1 spiro atoms. The molecule has 2 aromatic carbocycles. The molecule has 3 aromatic rings. The van der Waals surface area contributed by atoms with E-state index in [1.165, 1.54) is 11.0 Å². The number of hydrogen-bond acceptors (Lipinski definition) is 6. The molecule has 0 unspecified atom stereocenters. The van der Waals surface area contributed by atoms with E-state index in [1.54, 1.807) is 19.4 Å². The number of hydrogen-bond donors (Lipinski definition) is 1. The fourth-order valence-electron chi connectivity index (χ4n) is 5.09. The normalized spacial score (nSPS) is 17.9. The fraction of sp³-hybridized carbons (Fsp3) is 0.370. The zero-order valence-electron chi connectivity index (χ0n) is 19.6. The molecule has 1 amide bonds. The van der Waals surface area contributed by atoms with Crippen LogP contribution in [-0.4, -0.2) is 65.8 Å². The molecule has 1 aromatic heterocycles. The summed E-state index contributed by atoms with van der Waals surface area (Å²) in [4.78, 5) is 25.6. The lowest BCUT2D eigenvalue weighted by molar-refractivity contribution is -0.0507. The summed E-state index contributed by atoms with van der Waals surface area (Å²) in [6.45, 7) is 2.03. The molecule has 1 N–H and O–H groups in total. The van der Waals surface area contributed by atoms with Crippen LogP contribution in [0.5, 0.6) is 0 Å². The van der Waals surface area contributed by atoms with Crippen LogP contribution in [0, 0.1) is 5.82 Å². The van der Waals surface area contributed by atoms with Crippen LogP contribution >= 0.6 is 0 Å². The molecule has 180 valence electrons. The molecule has 35 heavy (non-hydrogen) atoms. The van der Waals surface area contributed by atoms with Crippen LogP contribution in [0.2, 0.25) is 0 Å². The van der Waals surface area contributed by atoms with Crippen molar-refractivity contribution in [2.45, 2.75) is 24.2 Å². The van der Waals surface area contributed by atoms with Crippen LogP contribution in [0.25, 0.3) is 11.1 Å². The summed E-state index contributed by atoms with van der Waals surface area (Å²) in [6, 6.07) is 11.0. The average Bonchev–Trinajstić information content (AvgIpc) is 3.64. The van der Waals surface area contributed by atoms with Gasteiger partial charge in [0.15, 0.2) is 0 Å². The van der Waals surface area contributed by atoms with Crippen molar-refractivity contribution >= 4 is 17.5 Å². The Morgan fingerprint density at radius 1 is 1.20 bits per heavy atom. The third-order valence-electron chi connectivity index (χ3n) is 7.34. The predicted molar refractivity (Wildman–Crippen MR) is 129 cm³/mol. The minimum Gasteiger partial charge on any atom is -0.395 e. The molecule has 1 aliphatic carbocycles. The van der Waals surface area contributed by atoms with E-state index in [-0.39, 0.29) is 30.3 Å². The van der Waals surface area contributed by atoms with Crippen LogP contribution in [0.1, 0.15) is 40.2 Å². The van der Waals surface area contributed by atoms with Gasteiger partial charge in [0.05, 0.1) is 25.2 Å². The first-order valence-electron chi connectivity index (χ1n) is 12.0. The first kappa shape index (κ1) is 22.1. The van der Waals surface area contributed by atoms with Gasteiger partial charge in [-0.25, -0.2) is 14.4 Å². The summed E-state index contributed by atoms with van der Waals surface area (Å²) >= 11 is 0. The van der Waals surface area contributed by atoms with Crippen molar-refractivity contribution in [3.63, 3.8) is 0 Å². The standard InChI is InChI=1S/C27H27FN4O3/c1-31(8-9-33)25(34)19-4-6-22-24(11-19)32(14-27(22)15-35-16-27)26-29-12-20(13-30-26)21-10-18(17-2-3-17)5-7-23(21)28/h4-7,10-13,17,33H,2-3,8-9,14-16H2,1H3. The second-order valence-corrected chi connectivity index (χ2v) is 9.83. The van der Waals surface area contributed by atoms with E-state index in [0.717, 1.165) is 29.7 Å². The van der Waals surface area contributed by atoms with E-state index in [0.29, 0.717) is 48.3 Å². The van der Waals surface area contributed by atoms with Crippen LogP contribution < -0.4 is 4.90 Å². The van der Waals surface area contributed by atoms with Crippen molar-refractivity contribution in [2.75, 3.05) is 44.9 Å². The summed E-state index contributed by atoms with van der Waals surface area (Å²) in [5, 5.41) is 9.20. The summed E-state index contributed by atoms with van der Waals surface area (Å²) in [7, 11) is 1.67. The summed E-state index contributed by atoms with van der Waals surface area (Å²) in [6.07, 6.45) is 5.65. The molecular formula is C27H27FN4O3. The summed E-state index contributed by atoms with van der Waals surface area (Å²) in [5.74, 6) is 0.601. The van der Waals surface area contributed by atoms with Gasteiger partial charge in [0.1, 0.15) is 5.82 Å². The highest BCUT2D eigenvalue weighted by Gasteiger charge is 2.49. The molecule has 8 heteroatoms. The van der Waals surface area contributed by atoms with E-state index in [1.807, 2.05) is 35.2 Å². The number of fused-ring (bicyclic) bond motifs is 2. The number of aromatic nitrogens is 2. The Balaban J connectivity index is 1.33. The molecule has 1 saturated heterocycles. The molecule has 2 aliphatic heterocycles. The lowest BCUT2D eigenvalue weighted by Crippen LogP contribution is -2.49. The molecular weight excluding hydrogens is 447 g/mol. The van der Waals surface area contributed by atoms with E-state index >= 15 is 0 Å². The van der Waals surface area contributed by atoms with Crippen LogP contribution in [0.4, 0.5) is 16.0 Å². The Hall–Kier alpha value is -3.36. The van der Waals surface area contributed by atoms with Crippen molar-refractivity contribution < 1.29 is 19.0 Å². The maximum atomic E-state index is 14.6. The Kier molecular flexibility index (Phi) is 5.30. The number of carbonyl (C=O) groups excluding carboxylic acids is 1. The molecule has 6 rings (SSSR count). The third-order valence-corrected chi connectivity index (χ3v) is 7.34. The van der Waals surface area contributed by atoms with E-state index < -0.39 is 0 Å². The van der Waals surface area contributed by atoms with E-state index in [2.05, 4.69) is 9.97 Å². The van der Waals surface area contributed by atoms with E-state index in [9.17, 15) is 14.3 Å². The first-order valence-corrected chi connectivity index (χ1v) is 12.0. The number of nitrogens with zero attached hydrogens (tertiary/aromatic N) is 4. The topological polar surface area (TPSA) is 78.8 Å². The third kappa shape index (κ3) is 3.77. The van der Waals surface area contributed by atoms with Crippen molar-refractivity contribution in [1.29, 1.82) is 0 Å². The predicted octanol–water partition coefficient (Wildman–Crippen LogP) is 3.64.